The summed E-state index contributed by atoms with van der Waals surface area (Å²) in [7, 11) is 0. The Balaban J connectivity index is 2.23. The molecule has 3 rings (SSSR count). The maximum absolute atomic E-state index is 11.1. The minimum absolute atomic E-state index is 0.214. The minimum Gasteiger partial charge on any atom is -0.384 e. The van der Waals surface area contributed by atoms with E-state index in [9.17, 15) is 10.1 Å². The molecule has 2 aliphatic rings. The Hall–Kier alpha value is -1.84. The van der Waals surface area contributed by atoms with Gasteiger partial charge < -0.3 is 5.32 Å². The van der Waals surface area contributed by atoms with Crippen molar-refractivity contribution in [1.29, 1.82) is 0 Å². The molecule has 0 saturated heterocycles. The van der Waals surface area contributed by atoms with Crippen LogP contribution in [0.3, 0.4) is 0 Å². The van der Waals surface area contributed by atoms with Gasteiger partial charge in [0.05, 0.1) is 10.5 Å². The molecule has 1 heterocycles. The number of nitro benzene ring substituents is 1. The third-order valence-corrected chi connectivity index (χ3v) is 3.79. The van der Waals surface area contributed by atoms with Gasteiger partial charge in [-0.15, -0.1) is 0 Å². The number of anilines is 1. The Morgan fingerprint density at radius 2 is 2.29 bits per heavy atom. The molecule has 4 nitrogen and oxygen atoms in total. The highest BCUT2D eigenvalue weighted by Gasteiger charge is 2.36. The predicted octanol–water partition coefficient (Wildman–Crippen LogP) is 2.99. The first-order valence-electron chi connectivity index (χ1n) is 5.87. The number of fused-ring (bicyclic) bond motifs is 3. The third kappa shape index (κ3) is 1.44. The van der Waals surface area contributed by atoms with E-state index in [0.29, 0.717) is 5.92 Å². The molecule has 0 unspecified atom stereocenters. The fraction of sp³-hybridized carbons (Fsp3) is 0.385. The lowest BCUT2D eigenvalue weighted by molar-refractivity contribution is -0.385. The molecule has 0 radical (unpaired) electrons. The van der Waals surface area contributed by atoms with Crippen LogP contribution >= 0.6 is 0 Å². The minimum atomic E-state index is -0.269. The van der Waals surface area contributed by atoms with Crippen LogP contribution in [0, 0.1) is 23.0 Å². The van der Waals surface area contributed by atoms with Crippen LogP contribution in [0.5, 0.6) is 0 Å². The zero-order valence-electron chi connectivity index (χ0n) is 9.64. The molecule has 1 aliphatic heterocycles. The summed E-state index contributed by atoms with van der Waals surface area (Å²) < 4.78 is 0. The van der Waals surface area contributed by atoms with Crippen molar-refractivity contribution in [2.24, 2.45) is 5.92 Å². The van der Waals surface area contributed by atoms with Crippen LogP contribution < -0.4 is 5.32 Å². The standard InChI is InChI=1S/C13H14N2O2/c1-8-5-6-11(15(16)17)12-10-4-2-3-9(10)7-14-13(8)12/h2,4-6,9-10,14H,3,7H2,1H3/t9-,10+/m0/s1. The van der Waals surface area contributed by atoms with Gasteiger partial charge in [0.25, 0.3) is 5.69 Å². The molecule has 4 heteroatoms. The van der Waals surface area contributed by atoms with Crippen molar-refractivity contribution in [3.05, 3.63) is 45.5 Å². The Morgan fingerprint density at radius 1 is 1.47 bits per heavy atom. The lowest BCUT2D eigenvalue weighted by Gasteiger charge is -2.30. The van der Waals surface area contributed by atoms with E-state index in [2.05, 4.69) is 17.5 Å². The summed E-state index contributed by atoms with van der Waals surface area (Å²) in [5.41, 5.74) is 3.18. The van der Waals surface area contributed by atoms with Crippen molar-refractivity contribution in [2.45, 2.75) is 19.3 Å². The van der Waals surface area contributed by atoms with E-state index in [-0.39, 0.29) is 16.5 Å². The number of nitro groups is 1. The van der Waals surface area contributed by atoms with Gasteiger partial charge in [0.2, 0.25) is 0 Å². The maximum atomic E-state index is 11.1. The molecule has 0 spiro atoms. The molecule has 2 atom stereocenters. The van der Waals surface area contributed by atoms with Crippen LogP contribution in [-0.4, -0.2) is 11.5 Å². The summed E-state index contributed by atoms with van der Waals surface area (Å²) >= 11 is 0. The second-order valence-corrected chi connectivity index (χ2v) is 4.78. The van der Waals surface area contributed by atoms with Gasteiger partial charge in [0.15, 0.2) is 0 Å². The van der Waals surface area contributed by atoms with Gasteiger partial charge in [-0.05, 0) is 24.8 Å². The van der Waals surface area contributed by atoms with Gasteiger partial charge in [-0.3, -0.25) is 10.1 Å². The quantitative estimate of drug-likeness (QED) is 0.458. The van der Waals surface area contributed by atoms with Gasteiger partial charge in [0, 0.05) is 24.2 Å². The lowest BCUT2D eigenvalue weighted by atomic mass is 9.82. The molecule has 0 bridgehead atoms. The molecule has 0 saturated carbocycles. The SMILES string of the molecule is Cc1ccc([N+](=O)[O-])c2c1NC[C@@H]1CC=C[C@@H]21. The number of allylic oxidation sites excluding steroid dienone is 2. The van der Waals surface area contributed by atoms with E-state index < -0.39 is 0 Å². The van der Waals surface area contributed by atoms with E-state index in [0.717, 1.165) is 29.8 Å². The monoisotopic (exact) mass is 230 g/mol. The Labute approximate surface area is 99.5 Å². The summed E-state index contributed by atoms with van der Waals surface area (Å²) in [5.74, 6) is 0.689. The largest absolute Gasteiger partial charge is 0.384 e. The normalized spacial score (nSPS) is 25.0. The first-order chi connectivity index (χ1) is 8.18. The summed E-state index contributed by atoms with van der Waals surface area (Å²) in [6.07, 6.45) is 5.27. The number of aryl methyl sites for hydroxylation is 1. The number of benzene rings is 1. The van der Waals surface area contributed by atoms with Crippen molar-refractivity contribution in [1.82, 2.24) is 0 Å². The highest BCUT2D eigenvalue weighted by atomic mass is 16.6. The molecule has 1 N–H and O–H groups in total. The van der Waals surface area contributed by atoms with E-state index in [1.54, 1.807) is 6.07 Å². The van der Waals surface area contributed by atoms with Gasteiger partial charge in [-0.2, -0.15) is 0 Å². The molecule has 0 amide bonds. The van der Waals surface area contributed by atoms with Gasteiger partial charge >= 0.3 is 0 Å². The Bertz CT molecular complexity index is 522. The zero-order valence-corrected chi connectivity index (χ0v) is 9.64. The van der Waals surface area contributed by atoms with Gasteiger partial charge in [-0.1, -0.05) is 18.2 Å². The van der Waals surface area contributed by atoms with Crippen molar-refractivity contribution in [3.63, 3.8) is 0 Å². The van der Waals surface area contributed by atoms with Crippen molar-refractivity contribution in [2.75, 3.05) is 11.9 Å². The summed E-state index contributed by atoms with van der Waals surface area (Å²) in [4.78, 5) is 10.9. The molecule has 1 aromatic rings. The number of hydrogen-bond donors (Lipinski definition) is 1. The molecule has 88 valence electrons. The molecular weight excluding hydrogens is 216 g/mol. The van der Waals surface area contributed by atoms with Crippen molar-refractivity contribution < 1.29 is 4.92 Å². The molecule has 1 aliphatic carbocycles. The van der Waals surface area contributed by atoms with Crippen LogP contribution in [0.4, 0.5) is 11.4 Å². The van der Waals surface area contributed by atoms with E-state index >= 15 is 0 Å². The van der Waals surface area contributed by atoms with E-state index in [1.165, 1.54) is 0 Å². The van der Waals surface area contributed by atoms with E-state index in [1.807, 2.05) is 13.0 Å². The Morgan fingerprint density at radius 3 is 3.06 bits per heavy atom. The first-order valence-corrected chi connectivity index (χ1v) is 5.87. The number of nitrogens with one attached hydrogen (secondary N) is 1. The lowest BCUT2D eigenvalue weighted by Crippen LogP contribution is -2.25. The molecule has 0 fully saturated rings. The average molecular weight is 230 g/mol. The summed E-state index contributed by atoms with van der Waals surface area (Å²) in [6.45, 7) is 2.90. The molecular formula is C13H14N2O2. The van der Waals surface area contributed by atoms with Crippen LogP contribution in [0.25, 0.3) is 0 Å². The topological polar surface area (TPSA) is 55.2 Å². The van der Waals surface area contributed by atoms with Crippen molar-refractivity contribution >= 4 is 11.4 Å². The fourth-order valence-corrected chi connectivity index (χ4v) is 2.93. The molecule has 0 aromatic heterocycles. The maximum Gasteiger partial charge on any atom is 0.275 e. The highest BCUT2D eigenvalue weighted by Crippen LogP contribution is 2.46. The number of rotatable bonds is 1. The second kappa shape index (κ2) is 3.58. The third-order valence-electron chi connectivity index (χ3n) is 3.79. The van der Waals surface area contributed by atoms with Crippen LogP contribution in [0.1, 0.15) is 23.5 Å². The summed E-state index contributed by atoms with van der Waals surface area (Å²) in [5, 5.41) is 14.5. The van der Waals surface area contributed by atoms with Crippen molar-refractivity contribution in [3.8, 4) is 0 Å². The average Bonchev–Trinajstić information content (AvgIpc) is 2.77. The second-order valence-electron chi connectivity index (χ2n) is 4.78. The number of hydrogen-bond acceptors (Lipinski definition) is 3. The highest BCUT2D eigenvalue weighted by molar-refractivity contribution is 5.69. The van der Waals surface area contributed by atoms with Gasteiger partial charge in [-0.25, -0.2) is 0 Å². The Kier molecular flexibility index (Phi) is 2.18. The van der Waals surface area contributed by atoms with Crippen LogP contribution in [-0.2, 0) is 0 Å². The summed E-state index contributed by atoms with van der Waals surface area (Å²) in [6, 6.07) is 3.45. The van der Waals surface area contributed by atoms with Crippen LogP contribution in [0.2, 0.25) is 0 Å². The predicted molar refractivity (Wildman–Crippen MR) is 66.3 cm³/mol. The zero-order chi connectivity index (χ0) is 12.0. The number of nitrogens with zero attached hydrogens (tertiary/aromatic N) is 1. The van der Waals surface area contributed by atoms with E-state index in [4.69, 9.17) is 0 Å². The van der Waals surface area contributed by atoms with Gasteiger partial charge in [0.1, 0.15) is 0 Å². The molecule has 17 heavy (non-hydrogen) atoms. The van der Waals surface area contributed by atoms with Crippen LogP contribution in [0.15, 0.2) is 24.3 Å². The first kappa shape index (κ1) is 10.3. The molecule has 1 aromatic carbocycles. The fourth-order valence-electron chi connectivity index (χ4n) is 2.93. The smallest absolute Gasteiger partial charge is 0.275 e.